The summed E-state index contributed by atoms with van der Waals surface area (Å²) >= 11 is 0. The van der Waals surface area contributed by atoms with E-state index in [0.717, 1.165) is 22.4 Å². The largest absolute Gasteiger partial charge is 0.459 e. The van der Waals surface area contributed by atoms with Gasteiger partial charge in [0.05, 0.1) is 11.7 Å². The SMILES string of the molecule is Cc1ccc2oc(C(Cc3cn(C)nn3)NN)cc2c1. The number of hydrogen-bond donors (Lipinski definition) is 2. The number of nitrogens with one attached hydrogen (secondary N) is 1. The van der Waals surface area contributed by atoms with Gasteiger partial charge in [0.15, 0.2) is 0 Å². The van der Waals surface area contributed by atoms with E-state index in [-0.39, 0.29) is 6.04 Å². The van der Waals surface area contributed by atoms with Gasteiger partial charge in [0.2, 0.25) is 0 Å². The Balaban J connectivity index is 1.90. The first-order valence-corrected chi connectivity index (χ1v) is 6.47. The fourth-order valence-electron chi connectivity index (χ4n) is 2.29. The molecular formula is C14H17N5O. The van der Waals surface area contributed by atoms with Crippen molar-refractivity contribution in [2.24, 2.45) is 12.9 Å². The number of aromatic nitrogens is 3. The van der Waals surface area contributed by atoms with Gasteiger partial charge in [-0.3, -0.25) is 10.5 Å². The summed E-state index contributed by atoms with van der Waals surface area (Å²) in [5, 5.41) is 9.08. The van der Waals surface area contributed by atoms with Gasteiger partial charge in [-0.1, -0.05) is 16.8 Å². The van der Waals surface area contributed by atoms with Crippen molar-refractivity contribution in [2.45, 2.75) is 19.4 Å². The Labute approximate surface area is 116 Å². The second-order valence-corrected chi connectivity index (χ2v) is 5.00. The molecule has 0 amide bonds. The van der Waals surface area contributed by atoms with Crippen LogP contribution in [0.4, 0.5) is 0 Å². The highest BCUT2D eigenvalue weighted by molar-refractivity contribution is 5.78. The monoisotopic (exact) mass is 271 g/mol. The maximum atomic E-state index is 5.86. The van der Waals surface area contributed by atoms with Crippen molar-refractivity contribution in [1.29, 1.82) is 0 Å². The van der Waals surface area contributed by atoms with E-state index < -0.39 is 0 Å². The third kappa shape index (κ3) is 2.43. The summed E-state index contributed by atoms with van der Waals surface area (Å²) in [6.45, 7) is 2.06. The summed E-state index contributed by atoms with van der Waals surface area (Å²) in [6.07, 6.45) is 2.50. The van der Waals surface area contributed by atoms with E-state index in [1.165, 1.54) is 5.56 Å². The van der Waals surface area contributed by atoms with Crippen LogP contribution in [0.2, 0.25) is 0 Å². The lowest BCUT2D eigenvalue weighted by molar-refractivity contribution is 0.432. The van der Waals surface area contributed by atoms with Gasteiger partial charge in [-0.05, 0) is 25.1 Å². The number of nitrogens with zero attached hydrogens (tertiary/aromatic N) is 3. The first kappa shape index (κ1) is 12.8. The van der Waals surface area contributed by atoms with Crippen LogP contribution in [0.25, 0.3) is 11.0 Å². The van der Waals surface area contributed by atoms with Gasteiger partial charge in [-0.2, -0.15) is 0 Å². The number of furan rings is 1. The van der Waals surface area contributed by atoms with Crippen LogP contribution in [-0.4, -0.2) is 15.0 Å². The van der Waals surface area contributed by atoms with Crippen LogP contribution < -0.4 is 11.3 Å². The molecular weight excluding hydrogens is 254 g/mol. The zero-order valence-corrected chi connectivity index (χ0v) is 11.5. The molecule has 1 aromatic carbocycles. The summed E-state index contributed by atoms with van der Waals surface area (Å²) in [6, 6.07) is 7.99. The van der Waals surface area contributed by atoms with Crippen molar-refractivity contribution in [3.63, 3.8) is 0 Å². The Morgan fingerprint density at radius 1 is 1.40 bits per heavy atom. The van der Waals surface area contributed by atoms with E-state index in [0.29, 0.717) is 6.42 Å². The van der Waals surface area contributed by atoms with Gasteiger partial charge >= 0.3 is 0 Å². The van der Waals surface area contributed by atoms with Crippen molar-refractivity contribution in [3.05, 3.63) is 47.5 Å². The molecule has 3 aromatic rings. The van der Waals surface area contributed by atoms with Crippen LogP contribution in [0, 0.1) is 6.92 Å². The molecule has 2 aromatic heterocycles. The summed E-state index contributed by atoms with van der Waals surface area (Å²) in [5.41, 5.74) is 5.72. The number of nitrogens with two attached hydrogens (primary N) is 1. The first-order valence-electron chi connectivity index (χ1n) is 6.47. The lowest BCUT2D eigenvalue weighted by atomic mass is 10.1. The van der Waals surface area contributed by atoms with Crippen molar-refractivity contribution < 1.29 is 4.42 Å². The van der Waals surface area contributed by atoms with Gasteiger partial charge in [0.1, 0.15) is 11.3 Å². The van der Waals surface area contributed by atoms with Crippen molar-refractivity contribution in [1.82, 2.24) is 20.4 Å². The fourth-order valence-corrected chi connectivity index (χ4v) is 2.29. The van der Waals surface area contributed by atoms with Gasteiger partial charge in [0.25, 0.3) is 0 Å². The molecule has 0 spiro atoms. The maximum absolute atomic E-state index is 5.86. The summed E-state index contributed by atoms with van der Waals surface area (Å²) in [7, 11) is 1.84. The first-order chi connectivity index (χ1) is 9.65. The second-order valence-electron chi connectivity index (χ2n) is 5.00. The molecule has 0 saturated carbocycles. The highest BCUT2D eigenvalue weighted by Crippen LogP contribution is 2.26. The topological polar surface area (TPSA) is 81.9 Å². The Kier molecular flexibility index (Phi) is 3.25. The van der Waals surface area contributed by atoms with E-state index in [1.54, 1.807) is 4.68 Å². The number of hydrazine groups is 1. The minimum Gasteiger partial charge on any atom is -0.459 e. The summed E-state index contributed by atoms with van der Waals surface area (Å²) in [4.78, 5) is 0. The molecule has 1 unspecified atom stereocenters. The van der Waals surface area contributed by atoms with Gasteiger partial charge in [-0.15, -0.1) is 5.10 Å². The predicted octanol–water partition coefficient (Wildman–Crippen LogP) is 1.62. The molecule has 3 rings (SSSR count). The average Bonchev–Trinajstić information content (AvgIpc) is 3.01. The Morgan fingerprint density at radius 2 is 2.25 bits per heavy atom. The number of rotatable bonds is 4. The van der Waals surface area contributed by atoms with Crippen LogP contribution in [-0.2, 0) is 13.5 Å². The second kappa shape index (κ2) is 5.07. The van der Waals surface area contributed by atoms with Crippen LogP contribution in [0.3, 0.4) is 0 Å². The molecule has 0 fully saturated rings. The quantitative estimate of drug-likeness (QED) is 0.556. The number of hydrogen-bond acceptors (Lipinski definition) is 5. The smallest absolute Gasteiger partial charge is 0.134 e. The lowest BCUT2D eigenvalue weighted by Gasteiger charge is -2.10. The van der Waals surface area contributed by atoms with Crippen molar-refractivity contribution in [2.75, 3.05) is 0 Å². The molecule has 0 radical (unpaired) electrons. The average molecular weight is 271 g/mol. The van der Waals surface area contributed by atoms with Gasteiger partial charge < -0.3 is 4.42 Å². The van der Waals surface area contributed by atoms with Gasteiger partial charge in [0, 0.05) is 25.1 Å². The molecule has 3 N–H and O–H groups in total. The van der Waals surface area contributed by atoms with Crippen LogP contribution in [0.5, 0.6) is 0 Å². The summed E-state index contributed by atoms with van der Waals surface area (Å²) < 4.78 is 7.53. The third-order valence-corrected chi connectivity index (χ3v) is 3.30. The minimum atomic E-state index is -0.126. The van der Waals surface area contributed by atoms with E-state index in [4.69, 9.17) is 10.3 Å². The standard InChI is InChI=1S/C14H17N5O/c1-9-3-4-13-10(5-9)6-14(20-13)12(16-15)7-11-8-19(2)18-17-11/h3-6,8,12,16H,7,15H2,1-2H3. The minimum absolute atomic E-state index is 0.126. The fraction of sp³-hybridized carbons (Fsp3) is 0.286. The Bertz CT molecular complexity index is 730. The van der Waals surface area contributed by atoms with Crippen LogP contribution in [0.15, 0.2) is 34.9 Å². The maximum Gasteiger partial charge on any atom is 0.134 e. The Hall–Kier alpha value is -2.18. The Morgan fingerprint density at radius 3 is 2.95 bits per heavy atom. The molecule has 6 heteroatoms. The molecule has 104 valence electrons. The molecule has 0 aliphatic heterocycles. The van der Waals surface area contributed by atoms with E-state index >= 15 is 0 Å². The molecule has 0 aliphatic carbocycles. The number of aryl methyl sites for hydroxylation is 2. The molecule has 0 aliphatic rings. The lowest BCUT2D eigenvalue weighted by Crippen LogP contribution is -2.29. The normalized spacial score (nSPS) is 12.9. The van der Waals surface area contributed by atoms with Crippen molar-refractivity contribution >= 4 is 11.0 Å². The van der Waals surface area contributed by atoms with Gasteiger partial charge in [-0.25, -0.2) is 5.43 Å². The summed E-state index contributed by atoms with van der Waals surface area (Å²) in [5.74, 6) is 6.45. The molecule has 1 atom stereocenters. The molecule has 0 bridgehead atoms. The zero-order valence-electron chi connectivity index (χ0n) is 11.5. The predicted molar refractivity (Wildman–Crippen MR) is 75.7 cm³/mol. The van der Waals surface area contributed by atoms with E-state index in [9.17, 15) is 0 Å². The third-order valence-electron chi connectivity index (χ3n) is 3.30. The highest BCUT2D eigenvalue weighted by atomic mass is 16.3. The van der Waals surface area contributed by atoms with Crippen molar-refractivity contribution in [3.8, 4) is 0 Å². The molecule has 20 heavy (non-hydrogen) atoms. The zero-order chi connectivity index (χ0) is 14.1. The van der Waals surface area contributed by atoms with Crippen LogP contribution in [0.1, 0.15) is 23.1 Å². The van der Waals surface area contributed by atoms with E-state index in [2.05, 4.69) is 28.7 Å². The molecule has 6 nitrogen and oxygen atoms in total. The highest BCUT2D eigenvalue weighted by Gasteiger charge is 2.17. The number of fused-ring (bicyclic) bond motifs is 1. The number of benzene rings is 1. The molecule has 2 heterocycles. The van der Waals surface area contributed by atoms with E-state index in [1.807, 2.05) is 31.4 Å². The van der Waals surface area contributed by atoms with Crippen LogP contribution >= 0.6 is 0 Å². The molecule has 0 saturated heterocycles.